The number of carbonyl (C=O) groups excluding carboxylic acids is 2. The maximum Gasteiger partial charge on any atom is 0.325 e. The Morgan fingerprint density at radius 2 is 1.48 bits per heavy atom. The van der Waals surface area contributed by atoms with E-state index in [9.17, 15) is 9.59 Å². The van der Waals surface area contributed by atoms with E-state index < -0.39 is 12.1 Å². The molecule has 3 rings (SSSR count). The number of amides is 4. The lowest BCUT2D eigenvalue weighted by Gasteiger charge is -2.11. The van der Waals surface area contributed by atoms with Gasteiger partial charge in [0.25, 0.3) is 0 Å². The van der Waals surface area contributed by atoms with Crippen LogP contribution in [0.5, 0.6) is 0 Å². The highest BCUT2D eigenvalue weighted by Crippen LogP contribution is 2.21. The monoisotopic (exact) mass is 376 g/mol. The number of hydrogen-bond acceptors (Lipinski definition) is 8. The quantitative estimate of drug-likeness (QED) is 0.553. The van der Waals surface area contributed by atoms with Gasteiger partial charge in [0.1, 0.15) is 11.0 Å². The lowest BCUT2D eigenvalue weighted by atomic mass is 10.2. The zero-order valence-corrected chi connectivity index (χ0v) is 14.4. The van der Waals surface area contributed by atoms with Crippen LogP contribution in [0.3, 0.4) is 0 Å². The summed E-state index contributed by atoms with van der Waals surface area (Å²) >= 11 is 2.42. The van der Waals surface area contributed by atoms with Crippen molar-refractivity contribution in [3.63, 3.8) is 0 Å². The number of urea groups is 2. The Balaban J connectivity index is 1.63. The summed E-state index contributed by atoms with van der Waals surface area (Å²) in [4.78, 5) is 23.9. The van der Waals surface area contributed by atoms with E-state index in [1.165, 1.54) is 33.7 Å². The number of aryl methyl sites for hydroxylation is 1. The highest BCUT2D eigenvalue weighted by Gasteiger charge is 2.10. The summed E-state index contributed by atoms with van der Waals surface area (Å²) in [5.41, 5.74) is 4.93. The molecule has 0 fully saturated rings. The molecule has 10 nitrogen and oxygen atoms in total. The fourth-order valence-corrected chi connectivity index (χ4v) is 2.68. The third-order valence-electron chi connectivity index (χ3n) is 2.90. The number of nitrogens with zero attached hydrogens (tertiary/aromatic N) is 4. The summed E-state index contributed by atoms with van der Waals surface area (Å²) in [6, 6.07) is 4.25. The Hall–Kier alpha value is -3.12. The molecule has 0 spiro atoms. The molecule has 12 heteroatoms. The van der Waals surface area contributed by atoms with Crippen LogP contribution in [0.1, 0.15) is 5.56 Å². The van der Waals surface area contributed by atoms with Crippen LogP contribution in [-0.2, 0) is 0 Å². The van der Waals surface area contributed by atoms with Crippen molar-refractivity contribution < 1.29 is 9.59 Å². The molecule has 4 N–H and O–H groups in total. The maximum atomic E-state index is 12.0. The van der Waals surface area contributed by atoms with Crippen molar-refractivity contribution in [1.29, 1.82) is 0 Å². The van der Waals surface area contributed by atoms with Gasteiger partial charge in [-0.2, -0.15) is 0 Å². The third-order valence-corrected chi connectivity index (χ3v) is 4.12. The lowest BCUT2D eigenvalue weighted by Crippen LogP contribution is -2.21. The highest BCUT2D eigenvalue weighted by molar-refractivity contribution is 7.13. The molecular formula is C13H12N8O2S2. The van der Waals surface area contributed by atoms with Crippen LogP contribution in [0.25, 0.3) is 0 Å². The number of rotatable bonds is 4. The molecule has 2 heterocycles. The fraction of sp³-hybridized carbons (Fsp3) is 0.0769. The molecule has 0 saturated heterocycles. The van der Waals surface area contributed by atoms with Crippen LogP contribution in [0.4, 0.5) is 31.2 Å². The van der Waals surface area contributed by atoms with Gasteiger partial charge in [-0.05, 0) is 24.6 Å². The van der Waals surface area contributed by atoms with Gasteiger partial charge in [-0.3, -0.25) is 10.6 Å². The highest BCUT2D eigenvalue weighted by atomic mass is 32.1. The summed E-state index contributed by atoms with van der Waals surface area (Å²) in [7, 11) is 0. The minimum Gasteiger partial charge on any atom is -0.308 e. The predicted octanol–water partition coefficient (Wildman–Crippen LogP) is 2.99. The minimum atomic E-state index is -0.454. The zero-order chi connectivity index (χ0) is 17.6. The number of hydrogen-bond donors (Lipinski definition) is 4. The number of anilines is 4. The lowest BCUT2D eigenvalue weighted by molar-refractivity contribution is 0.261. The molecule has 3 aromatic rings. The predicted molar refractivity (Wildman–Crippen MR) is 96.3 cm³/mol. The SMILES string of the molecule is Cc1ccc(NC(=O)Nc2nncs2)cc1NC(=O)Nc1nncs1. The van der Waals surface area contributed by atoms with Gasteiger partial charge < -0.3 is 10.6 Å². The molecule has 0 bridgehead atoms. The second-order valence-corrected chi connectivity index (χ2v) is 6.34. The third kappa shape index (κ3) is 4.68. The maximum absolute atomic E-state index is 12.0. The minimum absolute atomic E-state index is 0.388. The topological polar surface area (TPSA) is 134 Å². The zero-order valence-electron chi connectivity index (χ0n) is 12.8. The van der Waals surface area contributed by atoms with Crippen LogP contribution in [0, 0.1) is 6.92 Å². The van der Waals surface area contributed by atoms with Crippen molar-refractivity contribution in [2.24, 2.45) is 0 Å². The van der Waals surface area contributed by atoms with E-state index >= 15 is 0 Å². The second kappa shape index (κ2) is 7.63. The standard InChI is InChI=1S/C13H12N8O2S2/c1-7-2-3-8(16-10(22)18-12-20-14-5-24-12)4-9(7)17-11(23)19-13-21-15-6-25-13/h2-6H,1H3,(H2,16,18,20,22)(H2,17,19,21,23). The van der Waals surface area contributed by atoms with Crippen molar-refractivity contribution >= 4 is 56.4 Å². The van der Waals surface area contributed by atoms with Gasteiger partial charge >= 0.3 is 12.1 Å². The van der Waals surface area contributed by atoms with Gasteiger partial charge in [-0.15, -0.1) is 20.4 Å². The Labute approximate surface area is 149 Å². The molecule has 0 aliphatic carbocycles. The molecule has 0 atom stereocenters. The molecule has 25 heavy (non-hydrogen) atoms. The molecule has 2 aromatic heterocycles. The molecule has 128 valence electrons. The average Bonchev–Trinajstić information content (AvgIpc) is 3.24. The van der Waals surface area contributed by atoms with E-state index in [2.05, 4.69) is 41.7 Å². The Morgan fingerprint density at radius 3 is 2.04 bits per heavy atom. The van der Waals surface area contributed by atoms with E-state index in [-0.39, 0.29) is 0 Å². The van der Waals surface area contributed by atoms with Gasteiger partial charge in [0.15, 0.2) is 0 Å². The summed E-state index contributed by atoms with van der Waals surface area (Å²) < 4.78 is 0. The second-order valence-electron chi connectivity index (χ2n) is 4.68. The summed E-state index contributed by atoms with van der Waals surface area (Å²) in [5.74, 6) is 0. The molecule has 0 saturated carbocycles. The number of nitrogens with one attached hydrogen (secondary N) is 4. The normalized spacial score (nSPS) is 10.1. The van der Waals surface area contributed by atoms with Crippen molar-refractivity contribution in [2.45, 2.75) is 6.92 Å². The first-order chi connectivity index (χ1) is 12.1. The van der Waals surface area contributed by atoms with Crippen LogP contribution >= 0.6 is 22.7 Å². The number of benzene rings is 1. The van der Waals surface area contributed by atoms with Crippen molar-refractivity contribution in [3.05, 3.63) is 34.8 Å². The Morgan fingerprint density at radius 1 is 0.880 bits per heavy atom. The molecule has 0 unspecified atom stereocenters. The van der Waals surface area contributed by atoms with Crippen LogP contribution in [0.2, 0.25) is 0 Å². The first-order valence-electron chi connectivity index (χ1n) is 6.89. The molecule has 4 amide bonds. The van der Waals surface area contributed by atoms with Crippen LogP contribution in [-0.4, -0.2) is 32.5 Å². The fourth-order valence-electron chi connectivity index (χ4n) is 1.80. The van der Waals surface area contributed by atoms with E-state index in [0.29, 0.717) is 21.6 Å². The van der Waals surface area contributed by atoms with E-state index in [1.54, 1.807) is 18.2 Å². The summed E-state index contributed by atoms with van der Waals surface area (Å²) in [5, 5.41) is 26.0. The van der Waals surface area contributed by atoms with Crippen LogP contribution < -0.4 is 21.3 Å². The van der Waals surface area contributed by atoms with Gasteiger partial charge in [0.05, 0.1) is 0 Å². The first kappa shape index (κ1) is 16.7. The molecule has 0 aliphatic rings. The van der Waals surface area contributed by atoms with Gasteiger partial charge in [-0.25, -0.2) is 9.59 Å². The molecule has 0 radical (unpaired) electrons. The number of aromatic nitrogens is 4. The largest absolute Gasteiger partial charge is 0.325 e. The van der Waals surface area contributed by atoms with E-state index in [1.807, 2.05) is 6.92 Å². The van der Waals surface area contributed by atoms with Crippen molar-refractivity contribution in [2.75, 3.05) is 21.3 Å². The number of carbonyl (C=O) groups is 2. The molecular weight excluding hydrogens is 364 g/mol. The Bertz CT molecular complexity index is 866. The van der Waals surface area contributed by atoms with E-state index in [0.717, 1.165) is 5.56 Å². The van der Waals surface area contributed by atoms with Crippen molar-refractivity contribution in [3.8, 4) is 0 Å². The molecule has 0 aliphatic heterocycles. The van der Waals surface area contributed by atoms with Crippen molar-refractivity contribution in [1.82, 2.24) is 20.4 Å². The van der Waals surface area contributed by atoms with Crippen LogP contribution in [0.15, 0.2) is 29.2 Å². The molecule has 1 aromatic carbocycles. The summed E-state index contributed by atoms with van der Waals surface area (Å²) in [6.45, 7) is 1.84. The van der Waals surface area contributed by atoms with E-state index in [4.69, 9.17) is 0 Å². The van der Waals surface area contributed by atoms with Gasteiger partial charge in [0.2, 0.25) is 10.3 Å². The van der Waals surface area contributed by atoms with Gasteiger partial charge in [-0.1, -0.05) is 28.7 Å². The Kier molecular flexibility index (Phi) is 5.11. The smallest absolute Gasteiger partial charge is 0.308 e. The average molecular weight is 376 g/mol. The van der Waals surface area contributed by atoms with Gasteiger partial charge in [0, 0.05) is 11.4 Å². The summed E-state index contributed by atoms with van der Waals surface area (Å²) in [6.07, 6.45) is 0. The first-order valence-corrected chi connectivity index (χ1v) is 8.65.